The Morgan fingerprint density at radius 3 is 2.40 bits per heavy atom. The molecule has 1 aromatic heterocycles. The smallest absolute Gasteiger partial charge is 0.317 e. The van der Waals surface area contributed by atoms with E-state index in [0.29, 0.717) is 13.1 Å². The zero-order chi connectivity index (χ0) is 18.2. The summed E-state index contributed by atoms with van der Waals surface area (Å²) in [6.07, 6.45) is 4.37. The first-order valence-electron chi connectivity index (χ1n) is 8.67. The molecule has 0 unspecified atom stereocenters. The van der Waals surface area contributed by atoms with Gasteiger partial charge < -0.3 is 15.1 Å². The molecule has 25 heavy (non-hydrogen) atoms. The van der Waals surface area contributed by atoms with Crippen LogP contribution >= 0.6 is 0 Å². The number of amides is 2. The van der Waals surface area contributed by atoms with Gasteiger partial charge in [-0.2, -0.15) is 0 Å². The molecule has 0 saturated carbocycles. The lowest BCUT2D eigenvalue weighted by atomic mass is 10.1. The summed E-state index contributed by atoms with van der Waals surface area (Å²) in [5, 5.41) is 3.01. The molecule has 134 valence electrons. The maximum Gasteiger partial charge on any atom is 0.317 e. The highest BCUT2D eigenvalue weighted by atomic mass is 16.2. The number of anilines is 1. The number of urea groups is 1. The average Bonchev–Trinajstić information content (AvgIpc) is 2.60. The number of nitrogens with one attached hydrogen (secondary N) is 1. The number of nitrogens with zero attached hydrogens (tertiary/aromatic N) is 3. The fourth-order valence-electron chi connectivity index (χ4n) is 2.55. The van der Waals surface area contributed by atoms with Crippen LogP contribution in [0.1, 0.15) is 25.0 Å². The third kappa shape index (κ3) is 5.78. The van der Waals surface area contributed by atoms with E-state index in [4.69, 9.17) is 0 Å². The molecule has 1 N–H and O–H groups in total. The molecule has 2 amide bonds. The van der Waals surface area contributed by atoms with Gasteiger partial charge in [-0.05, 0) is 49.6 Å². The number of benzene rings is 1. The van der Waals surface area contributed by atoms with E-state index in [1.165, 1.54) is 0 Å². The number of carbonyl (C=O) groups is 1. The first-order valence-corrected chi connectivity index (χ1v) is 8.67. The summed E-state index contributed by atoms with van der Waals surface area (Å²) in [5.41, 5.74) is 3.40. The highest BCUT2D eigenvalue weighted by Gasteiger charge is 2.17. The third-order valence-electron chi connectivity index (χ3n) is 4.10. The first kappa shape index (κ1) is 18.8. The van der Waals surface area contributed by atoms with E-state index in [0.717, 1.165) is 23.2 Å². The van der Waals surface area contributed by atoms with Crippen LogP contribution in [0.3, 0.4) is 0 Å². The van der Waals surface area contributed by atoms with Crippen LogP contribution in [0, 0.1) is 0 Å². The van der Waals surface area contributed by atoms with Gasteiger partial charge in [0.25, 0.3) is 0 Å². The number of carbonyl (C=O) groups excluding carboxylic acids is 1. The van der Waals surface area contributed by atoms with Crippen molar-refractivity contribution >= 4 is 11.7 Å². The molecular weight excluding hydrogens is 312 g/mol. The van der Waals surface area contributed by atoms with Crippen LogP contribution in [0.2, 0.25) is 0 Å². The van der Waals surface area contributed by atoms with E-state index in [-0.39, 0.29) is 12.1 Å². The standard InChI is InChI=1S/C20H28N4O/c1-16(2)24(15-18-7-9-19(10-8-18)23(3)4)20(25)22-13-11-17-6-5-12-21-14-17/h5-10,12,14,16H,11,13,15H2,1-4H3,(H,22,25). The lowest BCUT2D eigenvalue weighted by molar-refractivity contribution is 0.180. The normalized spacial score (nSPS) is 10.6. The predicted molar refractivity (Wildman–Crippen MR) is 103 cm³/mol. The van der Waals surface area contributed by atoms with Crippen LogP contribution in [0.15, 0.2) is 48.8 Å². The molecule has 5 heteroatoms. The molecule has 0 spiro atoms. The number of hydrogen-bond acceptors (Lipinski definition) is 3. The van der Waals surface area contributed by atoms with Crippen molar-refractivity contribution in [1.29, 1.82) is 0 Å². The molecule has 0 radical (unpaired) electrons. The van der Waals surface area contributed by atoms with Crippen LogP contribution in [-0.4, -0.2) is 42.6 Å². The van der Waals surface area contributed by atoms with Gasteiger partial charge in [-0.15, -0.1) is 0 Å². The molecule has 5 nitrogen and oxygen atoms in total. The Morgan fingerprint density at radius 1 is 1.12 bits per heavy atom. The van der Waals surface area contributed by atoms with Gasteiger partial charge in [0.05, 0.1) is 0 Å². The molecule has 0 fully saturated rings. The van der Waals surface area contributed by atoms with Crippen LogP contribution in [0.25, 0.3) is 0 Å². The molecule has 2 rings (SSSR count). The molecular formula is C20H28N4O. The summed E-state index contributed by atoms with van der Waals surface area (Å²) >= 11 is 0. The molecule has 0 atom stereocenters. The van der Waals surface area contributed by atoms with Crippen LogP contribution in [0.5, 0.6) is 0 Å². The molecule has 0 aliphatic rings. The Labute approximate surface area is 150 Å². The van der Waals surface area contributed by atoms with Gasteiger partial charge in [0, 0.05) is 51.3 Å². The van der Waals surface area contributed by atoms with Gasteiger partial charge in [-0.3, -0.25) is 4.98 Å². The second kappa shape index (κ2) is 9.06. The van der Waals surface area contributed by atoms with Crippen molar-refractivity contribution < 1.29 is 4.79 Å². The summed E-state index contributed by atoms with van der Waals surface area (Å²) in [6, 6.07) is 12.3. The van der Waals surface area contributed by atoms with E-state index in [1.54, 1.807) is 6.20 Å². The van der Waals surface area contributed by atoms with E-state index < -0.39 is 0 Å². The minimum absolute atomic E-state index is 0.0319. The third-order valence-corrected chi connectivity index (χ3v) is 4.10. The molecule has 0 saturated heterocycles. The summed E-state index contributed by atoms with van der Waals surface area (Å²) in [4.78, 5) is 20.6. The van der Waals surface area contributed by atoms with E-state index in [2.05, 4.69) is 39.5 Å². The SMILES string of the molecule is CC(C)N(Cc1ccc(N(C)C)cc1)C(=O)NCCc1cccnc1. The van der Waals surface area contributed by atoms with E-state index in [9.17, 15) is 4.79 Å². The average molecular weight is 340 g/mol. The van der Waals surface area contributed by atoms with Crippen molar-refractivity contribution in [2.75, 3.05) is 25.5 Å². The van der Waals surface area contributed by atoms with Crippen molar-refractivity contribution in [1.82, 2.24) is 15.2 Å². The Morgan fingerprint density at radius 2 is 1.84 bits per heavy atom. The van der Waals surface area contributed by atoms with Crippen LogP contribution in [0.4, 0.5) is 10.5 Å². The minimum atomic E-state index is -0.0319. The zero-order valence-electron chi connectivity index (χ0n) is 15.6. The van der Waals surface area contributed by atoms with Gasteiger partial charge in [-0.25, -0.2) is 4.79 Å². The number of pyridine rings is 1. The summed E-state index contributed by atoms with van der Waals surface area (Å²) in [7, 11) is 4.04. The zero-order valence-corrected chi connectivity index (χ0v) is 15.6. The molecule has 1 aromatic carbocycles. The molecule has 0 bridgehead atoms. The Balaban J connectivity index is 1.91. The van der Waals surface area contributed by atoms with Crippen LogP contribution in [-0.2, 0) is 13.0 Å². The number of hydrogen-bond donors (Lipinski definition) is 1. The van der Waals surface area contributed by atoms with Gasteiger partial charge in [0.1, 0.15) is 0 Å². The van der Waals surface area contributed by atoms with Crippen molar-refractivity contribution in [2.45, 2.75) is 32.9 Å². The van der Waals surface area contributed by atoms with Crippen molar-refractivity contribution in [3.8, 4) is 0 Å². The van der Waals surface area contributed by atoms with Crippen molar-refractivity contribution in [3.63, 3.8) is 0 Å². The Bertz CT molecular complexity index is 653. The molecule has 0 aliphatic carbocycles. The van der Waals surface area contributed by atoms with Crippen LogP contribution < -0.4 is 10.2 Å². The predicted octanol–water partition coefficient (Wildman–Crippen LogP) is 3.31. The number of aromatic nitrogens is 1. The second-order valence-corrected chi connectivity index (χ2v) is 6.63. The van der Waals surface area contributed by atoms with Crippen molar-refractivity contribution in [3.05, 3.63) is 59.9 Å². The molecule has 2 aromatic rings. The fourth-order valence-corrected chi connectivity index (χ4v) is 2.55. The Hall–Kier alpha value is -2.56. The lowest BCUT2D eigenvalue weighted by Gasteiger charge is -2.27. The summed E-state index contributed by atoms with van der Waals surface area (Å²) in [6.45, 7) is 5.28. The first-order chi connectivity index (χ1) is 12.0. The molecule has 1 heterocycles. The lowest BCUT2D eigenvalue weighted by Crippen LogP contribution is -2.44. The fraction of sp³-hybridized carbons (Fsp3) is 0.400. The largest absolute Gasteiger partial charge is 0.378 e. The summed E-state index contributed by atoms with van der Waals surface area (Å²) < 4.78 is 0. The quantitative estimate of drug-likeness (QED) is 0.841. The van der Waals surface area contributed by atoms with Gasteiger partial charge in [0.2, 0.25) is 0 Å². The van der Waals surface area contributed by atoms with Gasteiger partial charge in [0.15, 0.2) is 0 Å². The molecule has 0 aliphatic heterocycles. The monoisotopic (exact) mass is 340 g/mol. The van der Waals surface area contributed by atoms with E-state index in [1.807, 2.05) is 51.2 Å². The highest BCUT2D eigenvalue weighted by molar-refractivity contribution is 5.74. The maximum absolute atomic E-state index is 12.5. The highest BCUT2D eigenvalue weighted by Crippen LogP contribution is 2.15. The Kier molecular flexibility index (Phi) is 6.81. The maximum atomic E-state index is 12.5. The second-order valence-electron chi connectivity index (χ2n) is 6.63. The van der Waals surface area contributed by atoms with Gasteiger partial charge >= 0.3 is 6.03 Å². The topological polar surface area (TPSA) is 48.5 Å². The minimum Gasteiger partial charge on any atom is -0.378 e. The van der Waals surface area contributed by atoms with Crippen molar-refractivity contribution in [2.24, 2.45) is 0 Å². The number of rotatable bonds is 7. The summed E-state index contributed by atoms with van der Waals surface area (Å²) in [5.74, 6) is 0. The van der Waals surface area contributed by atoms with Gasteiger partial charge in [-0.1, -0.05) is 18.2 Å². The van der Waals surface area contributed by atoms with E-state index >= 15 is 0 Å².